The largest absolute Gasteiger partial charge is 0.493 e. The van der Waals surface area contributed by atoms with Gasteiger partial charge in [0.1, 0.15) is 0 Å². The van der Waals surface area contributed by atoms with Crippen molar-refractivity contribution >= 4 is 5.91 Å². The molecule has 0 saturated heterocycles. The maximum atomic E-state index is 12.4. The summed E-state index contributed by atoms with van der Waals surface area (Å²) >= 11 is 0. The lowest BCUT2D eigenvalue weighted by molar-refractivity contribution is -0.125. The number of benzene rings is 1. The number of fused-ring (bicyclic) bond motifs is 1. The highest BCUT2D eigenvalue weighted by Gasteiger charge is 2.24. The standard InChI is InChI=1S/C17H21N3O3/c1-22-15-4-3-12(7-16(15)23-2)9-19-17(21)13-5-6-20-11-18-10-14(20)8-13/h3-4,7,10-11,13H,5-6,8-9H2,1-2H3,(H,19,21). The molecule has 0 saturated carbocycles. The first kappa shape index (κ1) is 15.4. The predicted octanol–water partition coefficient (Wildman–Crippen LogP) is 1.78. The molecule has 0 spiro atoms. The van der Waals surface area contributed by atoms with E-state index in [1.54, 1.807) is 14.2 Å². The van der Waals surface area contributed by atoms with Crippen LogP contribution < -0.4 is 14.8 Å². The molecule has 1 atom stereocenters. The first-order valence-corrected chi connectivity index (χ1v) is 7.69. The minimum Gasteiger partial charge on any atom is -0.493 e. The van der Waals surface area contributed by atoms with Crippen molar-refractivity contribution in [2.24, 2.45) is 5.92 Å². The summed E-state index contributed by atoms with van der Waals surface area (Å²) in [5.41, 5.74) is 2.11. The number of carbonyl (C=O) groups excluding carboxylic acids is 1. The van der Waals surface area contributed by atoms with E-state index < -0.39 is 0 Å². The van der Waals surface area contributed by atoms with E-state index in [9.17, 15) is 4.79 Å². The van der Waals surface area contributed by atoms with E-state index in [1.807, 2.05) is 30.7 Å². The third kappa shape index (κ3) is 3.31. The SMILES string of the molecule is COc1ccc(CNC(=O)C2CCn3cncc3C2)cc1OC. The van der Waals surface area contributed by atoms with E-state index in [0.717, 1.165) is 30.6 Å². The molecule has 0 fully saturated rings. The molecule has 0 bridgehead atoms. The normalized spacial score (nSPS) is 16.5. The maximum Gasteiger partial charge on any atom is 0.223 e. The molecule has 6 nitrogen and oxygen atoms in total. The van der Waals surface area contributed by atoms with E-state index in [1.165, 1.54) is 0 Å². The lowest BCUT2D eigenvalue weighted by Crippen LogP contribution is -2.34. The first-order chi connectivity index (χ1) is 11.2. The van der Waals surface area contributed by atoms with Crippen LogP contribution in [0.15, 0.2) is 30.7 Å². The Labute approximate surface area is 135 Å². The molecule has 1 unspecified atom stereocenters. The van der Waals surface area contributed by atoms with Crippen LogP contribution in [0.5, 0.6) is 11.5 Å². The molecule has 23 heavy (non-hydrogen) atoms. The maximum absolute atomic E-state index is 12.4. The zero-order chi connectivity index (χ0) is 16.2. The molecule has 1 aromatic heterocycles. The zero-order valence-electron chi connectivity index (χ0n) is 13.4. The number of methoxy groups -OCH3 is 2. The Hall–Kier alpha value is -2.50. The second-order valence-electron chi connectivity index (χ2n) is 5.68. The molecule has 1 aliphatic rings. The molecule has 1 aromatic carbocycles. The molecule has 2 aromatic rings. The molecular formula is C17H21N3O3. The number of aryl methyl sites for hydroxylation is 1. The predicted molar refractivity (Wildman–Crippen MR) is 85.4 cm³/mol. The van der Waals surface area contributed by atoms with Crippen LogP contribution in [0, 0.1) is 5.92 Å². The lowest BCUT2D eigenvalue weighted by atomic mass is 9.95. The Morgan fingerprint density at radius 3 is 2.96 bits per heavy atom. The van der Waals surface area contributed by atoms with Gasteiger partial charge in [0, 0.05) is 37.3 Å². The van der Waals surface area contributed by atoms with Crippen LogP contribution in [0.1, 0.15) is 17.7 Å². The summed E-state index contributed by atoms with van der Waals surface area (Å²) in [6, 6.07) is 5.66. The first-order valence-electron chi connectivity index (χ1n) is 7.69. The third-order valence-electron chi connectivity index (χ3n) is 4.26. The van der Waals surface area contributed by atoms with Gasteiger partial charge in [-0.15, -0.1) is 0 Å². The Bertz CT molecular complexity index is 696. The molecule has 1 N–H and O–H groups in total. The Morgan fingerprint density at radius 1 is 1.35 bits per heavy atom. The number of rotatable bonds is 5. The van der Waals surface area contributed by atoms with Crippen molar-refractivity contribution in [1.29, 1.82) is 0 Å². The van der Waals surface area contributed by atoms with Gasteiger partial charge >= 0.3 is 0 Å². The number of aromatic nitrogens is 2. The highest BCUT2D eigenvalue weighted by molar-refractivity contribution is 5.79. The number of carbonyl (C=O) groups is 1. The summed E-state index contributed by atoms with van der Waals surface area (Å²) in [5, 5.41) is 3.02. The van der Waals surface area contributed by atoms with Crippen molar-refractivity contribution in [2.75, 3.05) is 14.2 Å². The topological polar surface area (TPSA) is 65.4 Å². The Morgan fingerprint density at radius 2 is 2.17 bits per heavy atom. The number of ether oxygens (including phenoxy) is 2. The van der Waals surface area contributed by atoms with Crippen LogP contribution >= 0.6 is 0 Å². The summed E-state index contributed by atoms with van der Waals surface area (Å²) in [6.07, 6.45) is 5.26. The summed E-state index contributed by atoms with van der Waals surface area (Å²) in [4.78, 5) is 16.5. The molecule has 0 radical (unpaired) electrons. The Kier molecular flexibility index (Phi) is 4.50. The molecule has 1 amide bonds. The summed E-state index contributed by atoms with van der Waals surface area (Å²) in [5.74, 6) is 1.45. The van der Waals surface area contributed by atoms with Gasteiger partial charge in [0.25, 0.3) is 0 Å². The van der Waals surface area contributed by atoms with Crippen LogP contribution in [0.25, 0.3) is 0 Å². The van der Waals surface area contributed by atoms with E-state index in [2.05, 4.69) is 14.9 Å². The van der Waals surface area contributed by atoms with Gasteiger partial charge < -0.3 is 19.4 Å². The molecule has 0 aliphatic carbocycles. The number of hydrogen-bond donors (Lipinski definition) is 1. The van der Waals surface area contributed by atoms with Crippen LogP contribution in [-0.2, 0) is 24.3 Å². The summed E-state index contributed by atoms with van der Waals surface area (Å²) < 4.78 is 12.6. The van der Waals surface area contributed by atoms with Crippen molar-refractivity contribution in [2.45, 2.75) is 25.9 Å². The van der Waals surface area contributed by atoms with Gasteiger partial charge in [0.15, 0.2) is 11.5 Å². The Balaban J connectivity index is 1.59. The average molecular weight is 315 g/mol. The van der Waals surface area contributed by atoms with E-state index in [-0.39, 0.29) is 11.8 Å². The average Bonchev–Trinajstić information content (AvgIpc) is 3.06. The lowest BCUT2D eigenvalue weighted by Gasteiger charge is -2.23. The van der Waals surface area contributed by atoms with Crippen LogP contribution in [0.4, 0.5) is 0 Å². The second kappa shape index (κ2) is 6.73. The minimum absolute atomic E-state index is 0.0133. The molecule has 122 valence electrons. The quantitative estimate of drug-likeness (QED) is 0.913. The molecule has 1 aliphatic heterocycles. The van der Waals surface area contributed by atoms with Crippen molar-refractivity contribution in [3.63, 3.8) is 0 Å². The van der Waals surface area contributed by atoms with Gasteiger partial charge in [0.05, 0.1) is 20.5 Å². The van der Waals surface area contributed by atoms with E-state index >= 15 is 0 Å². The number of nitrogens with zero attached hydrogens (tertiary/aromatic N) is 2. The van der Waals surface area contributed by atoms with Crippen molar-refractivity contribution < 1.29 is 14.3 Å². The molecule has 2 heterocycles. The van der Waals surface area contributed by atoms with E-state index in [4.69, 9.17) is 9.47 Å². The fourth-order valence-corrected chi connectivity index (χ4v) is 2.92. The van der Waals surface area contributed by atoms with Gasteiger partial charge in [-0.1, -0.05) is 6.07 Å². The monoisotopic (exact) mass is 315 g/mol. The second-order valence-corrected chi connectivity index (χ2v) is 5.68. The summed E-state index contributed by atoms with van der Waals surface area (Å²) in [6.45, 7) is 1.33. The van der Waals surface area contributed by atoms with Gasteiger partial charge in [-0.05, 0) is 24.1 Å². The minimum atomic E-state index is 0.0133. The van der Waals surface area contributed by atoms with Crippen LogP contribution in [0.2, 0.25) is 0 Å². The molecule has 6 heteroatoms. The van der Waals surface area contributed by atoms with Crippen LogP contribution in [0.3, 0.4) is 0 Å². The van der Waals surface area contributed by atoms with E-state index in [0.29, 0.717) is 18.0 Å². The van der Waals surface area contributed by atoms with Gasteiger partial charge in [0.2, 0.25) is 5.91 Å². The van der Waals surface area contributed by atoms with Gasteiger partial charge in [-0.3, -0.25) is 4.79 Å². The highest BCUT2D eigenvalue weighted by Crippen LogP contribution is 2.27. The van der Waals surface area contributed by atoms with Crippen molar-refractivity contribution in [3.05, 3.63) is 42.0 Å². The number of imidazole rings is 1. The molecule has 3 rings (SSSR count). The third-order valence-corrected chi connectivity index (χ3v) is 4.26. The van der Waals surface area contributed by atoms with Crippen molar-refractivity contribution in [1.82, 2.24) is 14.9 Å². The zero-order valence-corrected chi connectivity index (χ0v) is 13.4. The van der Waals surface area contributed by atoms with Gasteiger partial charge in [-0.2, -0.15) is 0 Å². The molecular weight excluding hydrogens is 294 g/mol. The summed E-state index contributed by atoms with van der Waals surface area (Å²) in [7, 11) is 3.21. The van der Waals surface area contributed by atoms with Crippen molar-refractivity contribution in [3.8, 4) is 11.5 Å². The van der Waals surface area contributed by atoms with Crippen LogP contribution in [-0.4, -0.2) is 29.7 Å². The fraction of sp³-hybridized carbons (Fsp3) is 0.412. The highest BCUT2D eigenvalue weighted by atomic mass is 16.5. The number of amides is 1. The number of hydrogen-bond acceptors (Lipinski definition) is 4. The smallest absolute Gasteiger partial charge is 0.223 e. The fourth-order valence-electron chi connectivity index (χ4n) is 2.92. The van der Waals surface area contributed by atoms with Gasteiger partial charge in [-0.25, -0.2) is 4.98 Å². The number of nitrogens with one attached hydrogen (secondary N) is 1.